The van der Waals surface area contributed by atoms with Gasteiger partial charge < -0.3 is 10.1 Å². The van der Waals surface area contributed by atoms with Gasteiger partial charge in [0.25, 0.3) is 0 Å². The van der Waals surface area contributed by atoms with Gasteiger partial charge in [-0.05, 0) is 19.1 Å². The van der Waals surface area contributed by atoms with Crippen LogP contribution in [0.4, 0.5) is 26.4 Å². The van der Waals surface area contributed by atoms with Crippen LogP contribution in [-0.2, 0) is 0 Å². The zero-order valence-electron chi connectivity index (χ0n) is 10.8. The van der Waals surface area contributed by atoms with Crippen LogP contribution in [0, 0.1) is 11.6 Å². The average molecular weight is 361 g/mol. The Morgan fingerprint density at radius 3 is 2.38 bits per heavy atom. The summed E-state index contributed by atoms with van der Waals surface area (Å²) in [4.78, 5) is 11.5. The lowest BCUT2D eigenvalue weighted by Gasteiger charge is -2.10. The van der Waals surface area contributed by atoms with E-state index >= 15 is 0 Å². The summed E-state index contributed by atoms with van der Waals surface area (Å²) < 4.78 is 32.9. The molecule has 0 bridgehead atoms. The zero-order chi connectivity index (χ0) is 15.4. The third kappa shape index (κ3) is 3.73. The fourth-order valence-corrected chi connectivity index (χ4v) is 1.85. The monoisotopic (exact) mass is 360 g/mol. The molecule has 7 nitrogen and oxygen atoms in total. The molecule has 4 N–H and O–H groups in total. The maximum Gasteiger partial charge on any atom is 0.323 e. The second-order valence-corrected chi connectivity index (χ2v) is 4.63. The van der Waals surface area contributed by atoms with E-state index in [0.29, 0.717) is 6.61 Å². The Labute approximate surface area is 127 Å². The molecule has 0 unspecified atom stereocenters. The highest BCUT2D eigenvalue weighted by Gasteiger charge is 2.14. The Bertz CT molecular complexity index is 634. The smallest absolute Gasteiger partial charge is 0.323 e. The molecule has 0 saturated heterocycles. The number of benzene rings is 1. The minimum atomic E-state index is -0.803. The van der Waals surface area contributed by atoms with Crippen molar-refractivity contribution in [2.75, 3.05) is 17.3 Å². The molecule has 0 amide bonds. The first kappa shape index (κ1) is 15.3. The predicted octanol–water partition coefficient (Wildman–Crippen LogP) is 2.34. The first-order valence-electron chi connectivity index (χ1n) is 5.80. The van der Waals surface area contributed by atoms with Gasteiger partial charge in [0.1, 0.15) is 5.69 Å². The van der Waals surface area contributed by atoms with Gasteiger partial charge in [-0.15, -0.1) is 0 Å². The van der Waals surface area contributed by atoms with E-state index in [1.165, 1.54) is 0 Å². The van der Waals surface area contributed by atoms with Gasteiger partial charge in [0.2, 0.25) is 11.9 Å². The molecule has 0 aliphatic carbocycles. The van der Waals surface area contributed by atoms with Crippen molar-refractivity contribution < 1.29 is 13.5 Å². The molecule has 0 aliphatic heterocycles. The van der Waals surface area contributed by atoms with Crippen LogP contribution in [0.25, 0.3) is 0 Å². The van der Waals surface area contributed by atoms with E-state index in [-0.39, 0.29) is 22.4 Å². The number of aromatic nitrogens is 3. The highest BCUT2D eigenvalue weighted by atomic mass is 79.9. The van der Waals surface area contributed by atoms with E-state index in [1.807, 2.05) is 0 Å². The number of hydrogen-bond acceptors (Lipinski definition) is 7. The average Bonchev–Trinajstić information content (AvgIpc) is 2.43. The van der Waals surface area contributed by atoms with Crippen molar-refractivity contribution in [3.8, 4) is 6.01 Å². The topological polar surface area (TPSA) is 98.0 Å². The Hall–Kier alpha value is -2.07. The van der Waals surface area contributed by atoms with Crippen molar-refractivity contribution in [1.82, 2.24) is 15.0 Å². The number of nitrogen functional groups attached to an aromatic ring is 1. The summed E-state index contributed by atoms with van der Waals surface area (Å²) in [5.74, 6) is 3.49. The summed E-state index contributed by atoms with van der Waals surface area (Å²) in [6.45, 7) is 2.05. The molecule has 1 aromatic carbocycles. The van der Waals surface area contributed by atoms with E-state index in [1.54, 1.807) is 6.92 Å². The van der Waals surface area contributed by atoms with Crippen molar-refractivity contribution >= 4 is 33.5 Å². The number of nitrogens with one attached hydrogen (secondary N) is 2. The molecule has 1 heterocycles. The number of ether oxygens (including phenoxy) is 1. The number of halogens is 3. The van der Waals surface area contributed by atoms with E-state index in [0.717, 1.165) is 12.1 Å². The van der Waals surface area contributed by atoms with Crippen LogP contribution in [0.15, 0.2) is 16.6 Å². The second kappa shape index (κ2) is 6.59. The third-order valence-electron chi connectivity index (χ3n) is 2.26. The molecule has 1 aromatic heterocycles. The Kier molecular flexibility index (Phi) is 4.81. The molecule has 10 heteroatoms. The summed E-state index contributed by atoms with van der Waals surface area (Å²) in [5, 5.41) is 2.43. The van der Waals surface area contributed by atoms with E-state index in [4.69, 9.17) is 10.6 Å². The van der Waals surface area contributed by atoms with Crippen molar-refractivity contribution in [3.05, 3.63) is 28.2 Å². The van der Waals surface area contributed by atoms with Crippen LogP contribution in [0.3, 0.4) is 0 Å². The standard InChI is InChI=1S/C11H11BrF2N6O/c1-2-21-11-18-9(17-10(19-11)20-15)16-8-6(13)3-5(12)4-7(8)14/h3-4H,2,15H2,1H3,(H2,16,17,18,19,20). The van der Waals surface area contributed by atoms with Gasteiger partial charge in [-0.3, -0.25) is 5.43 Å². The minimum absolute atomic E-state index is 0.00567. The van der Waals surface area contributed by atoms with Gasteiger partial charge >= 0.3 is 6.01 Å². The maximum absolute atomic E-state index is 13.8. The Morgan fingerprint density at radius 1 is 1.19 bits per heavy atom. The SMILES string of the molecule is CCOc1nc(NN)nc(Nc2c(F)cc(Br)cc2F)n1. The first-order valence-corrected chi connectivity index (χ1v) is 6.59. The molecule has 0 atom stereocenters. The van der Waals surface area contributed by atoms with Crippen LogP contribution in [-0.4, -0.2) is 21.6 Å². The summed E-state index contributed by atoms with van der Waals surface area (Å²) in [6.07, 6.45) is 0. The van der Waals surface area contributed by atoms with Crippen molar-refractivity contribution in [2.45, 2.75) is 6.92 Å². The van der Waals surface area contributed by atoms with Crippen LogP contribution < -0.4 is 21.3 Å². The van der Waals surface area contributed by atoms with Crippen molar-refractivity contribution in [3.63, 3.8) is 0 Å². The fraction of sp³-hybridized carbons (Fsp3) is 0.182. The molecule has 21 heavy (non-hydrogen) atoms. The number of hydrazine groups is 1. The number of anilines is 3. The zero-order valence-corrected chi connectivity index (χ0v) is 12.4. The largest absolute Gasteiger partial charge is 0.464 e. The summed E-state index contributed by atoms with van der Waals surface area (Å²) in [6, 6.07) is 2.19. The van der Waals surface area contributed by atoms with Gasteiger partial charge in [-0.2, -0.15) is 15.0 Å². The predicted molar refractivity (Wildman–Crippen MR) is 76.1 cm³/mol. The summed E-state index contributed by atoms with van der Waals surface area (Å²) >= 11 is 2.99. The molecule has 0 aliphatic rings. The third-order valence-corrected chi connectivity index (χ3v) is 2.72. The highest BCUT2D eigenvalue weighted by Crippen LogP contribution is 2.26. The Balaban J connectivity index is 2.37. The van der Waals surface area contributed by atoms with Gasteiger partial charge in [0, 0.05) is 4.47 Å². The van der Waals surface area contributed by atoms with E-state index < -0.39 is 17.3 Å². The highest BCUT2D eigenvalue weighted by molar-refractivity contribution is 9.10. The van der Waals surface area contributed by atoms with Crippen LogP contribution in [0.5, 0.6) is 6.01 Å². The number of rotatable bonds is 5. The van der Waals surface area contributed by atoms with Crippen LogP contribution in [0.2, 0.25) is 0 Å². The normalized spacial score (nSPS) is 10.3. The fourth-order valence-electron chi connectivity index (χ4n) is 1.44. The molecule has 0 radical (unpaired) electrons. The van der Waals surface area contributed by atoms with Gasteiger partial charge in [0.05, 0.1) is 6.61 Å². The van der Waals surface area contributed by atoms with Crippen LogP contribution in [0.1, 0.15) is 6.92 Å². The lowest BCUT2D eigenvalue weighted by molar-refractivity contribution is 0.312. The number of nitrogens with two attached hydrogens (primary N) is 1. The first-order chi connectivity index (χ1) is 10.0. The van der Waals surface area contributed by atoms with Gasteiger partial charge in [-0.25, -0.2) is 14.6 Å². The lowest BCUT2D eigenvalue weighted by atomic mass is 10.3. The molecule has 0 spiro atoms. The van der Waals surface area contributed by atoms with E-state index in [9.17, 15) is 8.78 Å². The van der Waals surface area contributed by atoms with Gasteiger partial charge in [-0.1, -0.05) is 15.9 Å². The maximum atomic E-state index is 13.8. The molecule has 2 aromatic rings. The quantitative estimate of drug-likeness (QED) is 0.555. The summed E-state index contributed by atoms with van der Waals surface area (Å²) in [5.41, 5.74) is 1.82. The van der Waals surface area contributed by atoms with E-state index in [2.05, 4.69) is 41.6 Å². The Morgan fingerprint density at radius 2 is 1.81 bits per heavy atom. The molecule has 0 saturated carbocycles. The van der Waals surface area contributed by atoms with Crippen molar-refractivity contribution in [2.24, 2.45) is 5.84 Å². The number of hydrogen-bond donors (Lipinski definition) is 3. The second-order valence-electron chi connectivity index (χ2n) is 3.71. The lowest BCUT2D eigenvalue weighted by Crippen LogP contribution is -2.14. The summed E-state index contributed by atoms with van der Waals surface area (Å²) in [7, 11) is 0. The van der Waals surface area contributed by atoms with Crippen molar-refractivity contribution in [1.29, 1.82) is 0 Å². The molecule has 112 valence electrons. The molecule has 2 rings (SSSR count). The minimum Gasteiger partial charge on any atom is -0.464 e. The molecular formula is C11H11BrF2N6O. The van der Waals surface area contributed by atoms with Gasteiger partial charge in [0.15, 0.2) is 11.6 Å². The number of nitrogens with zero attached hydrogens (tertiary/aromatic N) is 3. The molecule has 0 fully saturated rings. The van der Waals surface area contributed by atoms with Crippen LogP contribution >= 0.6 is 15.9 Å². The molecular weight excluding hydrogens is 350 g/mol.